The molecule has 0 bridgehead atoms. The zero-order chi connectivity index (χ0) is 21.5. The number of methoxy groups -OCH3 is 1. The number of halogens is 1. The smallest absolute Gasteiger partial charge is 0.163 e. The van der Waals surface area contributed by atoms with Gasteiger partial charge in [0.15, 0.2) is 11.5 Å². The van der Waals surface area contributed by atoms with Crippen LogP contribution in [0.3, 0.4) is 0 Å². The molecule has 0 radical (unpaired) electrons. The summed E-state index contributed by atoms with van der Waals surface area (Å²) in [6.07, 6.45) is 3.67. The van der Waals surface area contributed by atoms with Crippen molar-refractivity contribution < 1.29 is 19.0 Å². The maximum Gasteiger partial charge on any atom is 0.163 e. The molecule has 1 aromatic heterocycles. The molecule has 7 nitrogen and oxygen atoms in total. The van der Waals surface area contributed by atoms with E-state index in [1.54, 1.807) is 26.2 Å². The number of fused-ring (bicyclic) bond motifs is 1. The summed E-state index contributed by atoms with van der Waals surface area (Å²) < 4.78 is 25.7. The van der Waals surface area contributed by atoms with Crippen LogP contribution in [0.5, 0.6) is 17.2 Å². The van der Waals surface area contributed by atoms with Gasteiger partial charge in [0.05, 0.1) is 18.3 Å². The minimum atomic E-state index is -0.487. The predicted octanol–water partition coefficient (Wildman–Crippen LogP) is 4.30. The monoisotopic (exact) mass is 414 g/mol. The van der Waals surface area contributed by atoms with Crippen LogP contribution < -0.4 is 20.1 Å². The van der Waals surface area contributed by atoms with Gasteiger partial charge < -0.3 is 25.2 Å². The molecule has 8 heteroatoms. The first kappa shape index (κ1) is 21.6. The minimum Gasteiger partial charge on any atom is -0.508 e. The summed E-state index contributed by atoms with van der Waals surface area (Å²) in [4.78, 5) is 8.55. The number of hydrogen-bond acceptors (Lipinski definition) is 7. The number of hydrogen-bond donors (Lipinski definition) is 3. The van der Waals surface area contributed by atoms with Gasteiger partial charge in [-0.25, -0.2) is 14.4 Å². The number of nitrogens with one attached hydrogen (secondary N) is 2. The van der Waals surface area contributed by atoms with E-state index in [0.717, 1.165) is 25.9 Å². The van der Waals surface area contributed by atoms with Crippen molar-refractivity contribution >= 4 is 22.4 Å². The molecule has 0 fully saturated rings. The van der Waals surface area contributed by atoms with Gasteiger partial charge in [0.2, 0.25) is 0 Å². The van der Waals surface area contributed by atoms with Crippen molar-refractivity contribution in [3.05, 3.63) is 42.0 Å². The van der Waals surface area contributed by atoms with Crippen molar-refractivity contribution in [3.8, 4) is 17.2 Å². The maximum atomic E-state index is 14.3. The van der Waals surface area contributed by atoms with Gasteiger partial charge in [0.25, 0.3) is 0 Å². The number of nitrogens with zero attached hydrogens (tertiary/aromatic N) is 2. The number of aromatic hydroxyl groups is 1. The molecule has 0 aliphatic carbocycles. The highest BCUT2D eigenvalue weighted by Crippen LogP contribution is 2.36. The van der Waals surface area contributed by atoms with Gasteiger partial charge in [-0.2, -0.15) is 0 Å². The third-order valence-corrected chi connectivity index (χ3v) is 4.79. The fourth-order valence-electron chi connectivity index (χ4n) is 3.04. The first-order chi connectivity index (χ1) is 14.5. The quantitative estimate of drug-likeness (QED) is 0.426. The molecule has 3 aromatic rings. The van der Waals surface area contributed by atoms with Gasteiger partial charge in [-0.05, 0) is 38.1 Å². The highest BCUT2D eigenvalue weighted by molar-refractivity contribution is 5.93. The predicted molar refractivity (Wildman–Crippen MR) is 115 cm³/mol. The fraction of sp³-hybridized carbons (Fsp3) is 0.364. The first-order valence-corrected chi connectivity index (χ1v) is 9.96. The Morgan fingerprint density at radius 3 is 2.73 bits per heavy atom. The third kappa shape index (κ3) is 4.88. The fourth-order valence-corrected chi connectivity index (χ4v) is 3.04. The summed E-state index contributed by atoms with van der Waals surface area (Å²) in [7, 11) is 1.56. The lowest BCUT2D eigenvalue weighted by Gasteiger charge is -2.15. The van der Waals surface area contributed by atoms with Crippen molar-refractivity contribution in [2.75, 3.05) is 32.1 Å². The molecule has 0 saturated heterocycles. The zero-order valence-electron chi connectivity index (χ0n) is 17.5. The summed E-state index contributed by atoms with van der Waals surface area (Å²) in [6, 6.07) is 6.05. The van der Waals surface area contributed by atoms with Gasteiger partial charge in [-0.1, -0.05) is 13.3 Å². The van der Waals surface area contributed by atoms with Crippen LogP contribution in [0.2, 0.25) is 0 Å². The molecule has 0 aliphatic rings. The summed E-state index contributed by atoms with van der Waals surface area (Å²) in [5, 5.41) is 16.8. The number of ether oxygens (including phenoxy) is 2. The molecule has 30 heavy (non-hydrogen) atoms. The van der Waals surface area contributed by atoms with Crippen molar-refractivity contribution in [2.45, 2.75) is 26.7 Å². The Bertz CT molecular complexity index is 1010. The molecule has 0 amide bonds. The molecular formula is C22H27FN4O3. The highest BCUT2D eigenvalue weighted by atomic mass is 19.1. The van der Waals surface area contributed by atoms with Crippen molar-refractivity contribution in [1.29, 1.82) is 0 Å². The van der Waals surface area contributed by atoms with Crippen LogP contribution in [0.4, 0.5) is 15.9 Å². The van der Waals surface area contributed by atoms with Crippen LogP contribution in [-0.2, 0) is 0 Å². The molecule has 2 aromatic carbocycles. The lowest BCUT2D eigenvalue weighted by Crippen LogP contribution is -2.22. The molecule has 0 atom stereocenters. The number of phenols is 1. The zero-order valence-corrected chi connectivity index (χ0v) is 17.5. The second kappa shape index (κ2) is 10.1. The molecule has 0 spiro atoms. The molecule has 0 aliphatic heterocycles. The van der Waals surface area contributed by atoms with Crippen LogP contribution in [0.1, 0.15) is 25.3 Å². The third-order valence-electron chi connectivity index (χ3n) is 4.79. The molecule has 3 rings (SSSR count). The summed E-state index contributed by atoms with van der Waals surface area (Å²) in [5.41, 5.74) is 1.18. The van der Waals surface area contributed by atoms with E-state index in [1.807, 2.05) is 0 Å². The van der Waals surface area contributed by atoms with Gasteiger partial charge >= 0.3 is 0 Å². The van der Waals surface area contributed by atoms with E-state index in [0.29, 0.717) is 40.4 Å². The van der Waals surface area contributed by atoms with Crippen LogP contribution in [0.15, 0.2) is 30.6 Å². The second-order valence-corrected chi connectivity index (χ2v) is 6.89. The Balaban J connectivity index is 1.85. The molecule has 160 valence electrons. The Morgan fingerprint density at radius 1 is 1.13 bits per heavy atom. The van der Waals surface area contributed by atoms with E-state index < -0.39 is 5.82 Å². The highest BCUT2D eigenvalue weighted by Gasteiger charge is 2.15. The Morgan fingerprint density at radius 2 is 1.97 bits per heavy atom. The van der Waals surface area contributed by atoms with E-state index in [1.165, 1.54) is 18.5 Å². The Labute approximate surface area is 175 Å². The van der Waals surface area contributed by atoms with Gasteiger partial charge in [-0.15, -0.1) is 0 Å². The number of anilines is 2. The van der Waals surface area contributed by atoms with Gasteiger partial charge in [-0.3, -0.25) is 0 Å². The van der Waals surface area contributed by atoms with Gasteiger partial charge in [0, 0.05) is 23.6 Å². The number of phenolic OH excluding ortho intramolecular Hbond substituents is 1. The lowest BCUT2D eigenvalue weighted by molar-refractivity contribution is 0.293. The number of unbranched alkanes of at least 4 members (excludes halogenated alkanes) is 1. The number of benzene rings is 2. The number of rotatable bonds is 10. The first-order valence-electron chi connectivity index (χ1n) is 9.96. The maximum absolute atomic E-state index is 14.3. The molecule has 0 unspecified atom stereocenters. The normalized spacial score (nSPS) is 10.9. The molecule has 1 heterocycles. The van der Waals surface area contributed by atoms with E-state index in [9.17, 15) is 9.50 Å². The lowest BCUT2D eigenvalue weighted by atomic mass is 10.1. The van der Waals surface area contributed by atoms with Crippen molar-refractivity contribution in [1.82, 2.24) is 15.3 Å². The largest absolute Gasteiger partial charge is 0.508 e. The average Bonchev–Trinajstić information content (AvgIpc) is 2.75. The van der Waals surface area contributed by atoms with Crippen LogP contribution in [0, 0.1) is 12.7 Å². The van der Waals surface area contributed by atoms with Crippen LogP contribution >= 0.6 is 0 Å². The Hall–Kier alpha value is -3.13. The van der Waals surface area contributed by atoms with E-state index >= 15 is 0 Å². The molecular weight excluding hydrogens is 387 g/mol. The summed E-state index contributed by atoms with van der Waals surface area (Å²) in [6.45, 7) is 5.97. The van der Waals surface area contributed by atoms with Crippen molar-refractivity contribution in [2.24, 2.45) is 0 Å². The van der Waals surface area contributed by atoms with Crippen molar-refractivity contribution in [3.63, 3.8) is 0 Å². The summed E-state index contributed by atoms with van der Waals surface area (Å²) >= 11 is 0. The summed E-state index contributed by atoms with van der Waals surface area (Å²) in [5.74, 6) is 1.02. The topological polar surface area (TPSA) is 88.5 Å². The standard InChI is InChI=1S/C22H27FN4O3/c1-4-5-8-24-9-10-30-20-12-17-15(11-19(20)29-3)22(26-13-25-17)27-21-14(2)18(28)7-6-16(21)23/h6-7,11-13,24,28H,4-5,8-10H2,1-3H3,(H,25,26,27). The van der Waals surface area contributed by atoms with Gasteiger partial charge in [0.1, 0.15) is 30.3 Å². The second-order valence-electron chi connectivity index (χ2n) is 6.89. The molecule has 0 saturated carbocycles. The van der Waals surface area contributed by atoms with E-state index in [-0.39, 0.29) is 11.4 Å². The van der Waals surface area contributed by atoms with E-state index in [4.69, 9.17) is 9.47 Å². The number of aromatic nitrogens is 2. The van der Waals surface area contributed by atoms with Crippen LogP contribution in [0.25, 0.3) is 10.9 Å². The minimum absolute atomic E-state index is 0.00178. The SMILES string of the molecule is CCCCNCCOc1cc2ncnc(Nc3c(F)ccc(O)c3C)c2cc1OC. The van der Waals surface area contributed by atoms with Crippen LogP contribution in [-0.4, -0.2) is 41.9 Å². The average molecular weight is 414 g/mol. The molecule has 3 N–H and O–H groups in total. The Kier molecular flexibility index (Phi) is 7.24. The van der Waals surface area contributed by atoms with E-state index in [2.05, 4.69) is 27.5 Å².